The Kier molecular flexibility index (Phi) is 2.97. The lowest BCUT2D eigenvalue weighted by molar-refractivity contribution is 0.794. The fourth-order valence-electron chi connectivity index (χ4n) is 0.839. The van der Waals surface area contributed by atoms with Gasteiger partial charge in [-0.3, -0.25) is 0 Å². The Morgan fingerprint density at radius 2 is 2.17 bits per heavy atom. The summed E-state index contributed by atoms with van der Waals surface area (Å²) in [5, 5.41) is 9.21. The maximum absolute atomic E-state index is 5.73. The van der Waals surface area contributed by atoms with E-state index in [9.17, 15) is 0 Å². The average molecular weight is 186 g/mol. The van der Waals surface area contributed by atoms with Crippen molar-refractivity contribution < 1.29 is 0 Å². The molecule has 1 rings (SSSR count). The molecule has 5 heteroatoms. The fraction of sp³-hybridized carbons (Fsp3) is 0.714. The molecule has 0 aromatic carbocycles. The zero-order valence-corrected chi connectivity index (χ0v) is 8.43. The Hall–Kier alpha value is -0.710. The van der Waals surface area contributed by atoms with E-state index in [-0.39, 0.29) is 0 Å². The highest BCUT2D eigenvalue weighted by atomic mass is 32.2. The van der Waals surface area contributed by atoms with Crippen LogP contribution < -0.4 is 5.84 Å². The molecule has 0 aliphatic heterocycles. The van der Waals surface area contributed by atoms with Gasteiger partial charge in [-0.25, -0.2) is 4.68 Å². The van der Waals surface area contributed by atoms with Gasteiger partial charge in [0.2, 0.25) is 5.16 Å². The van der Waals surface area contributed by atoms with Crippen molar-refractivity contribution in [2.75, 3.05) is 5.84 Å². The van der Waals surface area contributed by atoms with E-state index < -0.39 is 0 Å². The Bertz CT molecular complexity index is 256. The van der Waals surface area contributed by atoms with Gasteiger partial charge in [-0.2, -0.15) is 0 Å². The Morgan fingerprint density at radius 3 is 2.58 bits per heavy atom. The Balaban J connectivity index is 2.80. The molecule has 0 bridgehead atoms. The van der Waals surface area contributed by atoms with Crippen molar-refractivity contribution in [3.8, 4) is 0 Å². The molecule has 1 aromatic heterocycles. The second kappa shape index (κ2) is 3.80. The molecule has 0 fully saturated rings. The van der Waals surface area contributed by atoms with E-state index in [0.717, 1.165) is 17.4 Å². The first-order valence-corrected chi connectivity index (χ1v) is 4.89. The summed E-state index contributed by atoms with van der Waals surface area (Å²) < 4.78 is 1.56. The highest BCUT2D eigenvalue weighted by Crippen LogP contribution is 2.19. The molecule has 0 spiro atoms. The monoisotopic (exact) mass is 186 g/mol. The predicted molar refractivity (Wildman–Crippen MR) is 50.5 cm³/mol. The van der Waals surface area contributed by atoms with Crippen molar-refractivity contribution in [3.05, 3.63) is 5.82 Å². The topological polar surface area (TPSA) is 56.7 Å². The van der Waals surface area contributed by atoms with Gasteiger partial charge in [0.1, 0.15) is 0 Å². The molecule has 68 valence electrons. The summed E-state index contributed by atoms with van der Waals surface area (Å²) in [5.41, 5.74) is 0. The van der Waals surface area contributed by atoms with Crippen LogP contribution in [0.1, 0.15) is 26.6 Å². The van der Waals surface area contributed by atoms with Gasteiger partial charge in [0.25, 0.3) is 0 Å². The Labute approximate surface area is 76.5 Å². The summed E-state index contributed by atoms with van der Waals surface area (Å²) in [4.78, 5) is 0. The molecular weight excluding hydrogens is 172 g/mol. The number of nitrogens with two attached hydrogens (primary N) is 1. The van der Waals surface area contributed by atoms with Gasteiger partial charge in [-0.05, 0) is 0 Å². The molecule has 4 nitrogen and oxygen atoms in total. The van der Waals surface area contributed by atoms with Gasteiger partial charge in [0, 0.05) is 11.7 Å². The predicted octanol–water partition coefficient (Wildman–Crippen LogP) is 1.05. The molecule has 0 aliphatic carbocycles. The van der Waals surface area contributed by atoms with E-state index in [0.29, 0.717) is 5.25 Å². The van der Waals surface area contributed by atoms with Gasteiger partial charge in [0.05, 0.1) is 0 Å². The lowest BCUT2D eigenvalue weighted by atomic mass is 10.5. The summed E-state index contributed by atoms with van der Waals surface area (Å²) in [6.07, 6.45) is 0.822. The van der Waals surface area contributed by atoms with E-state index in [1.54, 1.807) is 16.4 Å². The minimum absolute atomic E-state index is 0.487. The molecule has 1 aromatic rings. The minimum atomic E-state index is 0.487. The smallest absolute Gasteiger partial charge is 0.210 e. The van der Waals surface area contributed by atoms with Crippen molar-refractivity contribution >= 4 is 11.8 Å². The van der Waals surface area contributed by atoms with E-state index in [2.05, 4.69) is 24.0 Å². The van der Waals surface area contributed by atoms with Crippen molar-refractivity contribution in [2.24, 2.45) is 0 Å². The van der Waals surface area contributed by atoms with Gasteiger partial charge >= 0.3 is 0 Å². The van der Waals surface area contributed by atoms with Crippen LogP contribution in [-0.4, -0.2) is 20.1 Å². The largest absolute Gasteiger partial charge is 0.336 e. The van der Waals surface area contributed by atoms with Crippen molar-refractivity contribution in [1.82, 2.24) is 14.9 Å². The molecule has 0 saturated heterocycles. The van der Waals surface area contributed by atoms with Crippen molar-refractivity contribution in [3.63, 3.8) is 0 Å². The van der Waals surface area contributed by atoms with Crippen LogP contribution in [0.15, 0.2) is 5.16 Å². The Morgan fingerprint density at radius 1 is 1.50 bits per heavy atom. The van der Waals surface area contributed by atoms with Crippen LogP contribution in [-0.2, 0) is 6.42 Å². The molecule has 0 saturated carbocycles. The van der Waals surface area contributed by atoms with Crippen LogP contribution in [0.2, 0.25) is 0 Å². The highest BCUT2D eigenvalue weighted by Gasteiger charge is 2.09. The number of hydrogen-bond donors (Lipinski definition) is 1. The van der Waals surface area contributed by atoms with Crippen molar-refractivity contribution in [2.45, 2.75) is 37.6 Å². The summed E-state index contributed by atoms with van der Waals surface area (Å²) in [6, 6.07) is 0. The van der Waals surface area contributed by atoms with Crippen LogP contribution in [0.3, 0.4) is 0 Å². The van der Waals surface area contributed by atoms with Gasteiger partial charge in [-0.15, -0.1) is 10.2 Å². The molecule has 0 atom stereocenters. The average Bonchev–Trinajstić information content (AvgIpc) is 2.32. The third-order valence-electron chi connectivity index (χ3n) is 1.39. The normalized spacial score (nSPS) is 11.0. The minimum Gasteiger partial charge on any atom is -0.336 e. The second-order valence-corrected chi connectivity index (χ2v) is 4.33. The molecule has 0 amide bonds. The number of nitrogen functional groups attached to an aromatic ring is 1. The summed E-state index contributed by atoms with van der Waals surface area (Å²) >= 11 is 1.63. The van der Waals surface area contributed by atoms with E-state index in [4.69, 9.17) is 5.84 Å². The van der Waals surface area contributed by atoms with Gasteiger partial charge in [-0.1, -0.05) is 32.5 Å². The maximum atomic E-state index is 5.73. The molecule has 12 heavy (non-hydrogen) atoms. The standard InChI is InChI=1S/C7H14N4S/c1-4-6-9-10-7(11(6)8)12-5(2)3/h5H,4,8H2,1-3H3. The number of aromatic nitrogens is 3. The molecule has 0 radical (unpaired) electrons. The van der Waals surface area contributed by atoms with Crippen LogP contribution in [0.25, 0.3) is 0 Å². The molecule has 1 heterocycles. The SMILES string of the molecule is CCc1nnc(SC(C)C)n1N. The molecule has 2 N–H and O–H groups in total. The lowest BCUT2D eigenvalue weighted by Gasteiger charge is -2.03. The summed E-state index contributed by atoms with van der Waals surface area (Å²) in [6.45, 7) is 6.22. The van der Waals surface area contributed by atoms with Crippen LogP contribution in [0.4, 0.5) is 0 Å². The first-order chi connectivity index (χ1) is 5.65. The second-order valence-electron chi connectivity index (χ2n) is 2.79. The van der Waals surface area contributed by atoms with Gasteiger partial charge < -0.3 is 5.84 Å². The number of hydrogen-bond acceptors (Lipinski definition) is 4. The van der Waals surface area contributed by atoms with Crippen LogP contribution in [0.5, 0.6) is 0 Å². The van der Waals surface area contributed by atoms with E-state index in [1.165, 1.54) is 0 Å². The first-order valence-electron chi connectivity index (χ1n) is 4.01. The van der Waals surface area contributed by atoms with E-state index in [1.807, 2.05) is 6.92 Å². The molecule has 0 aliphatic rings. The number of rotatable bonds is 3. The summed E-state index contributed by atoms with van der Waals surface area (Å²) in [7, 11) is 0. The fourth-order valence-corrected chi connectivity index (χ4v) is 1.57. The molecule has 0 unspecified atom stereocenters. The number of nitrogens with zero attached hydrogens (tertiary/aromatic N) is 3. The van der Waals surface area contributed by atoms with Crippen molar-refractivity contribution in [1.29, 1.82) is 0 Å². The number of thioether (sulfide) groups is 1. The zero-order valence-electron chi connectivity index (χ0n) is 7.61. The third-order valence-corrected chi connectivity index (χ3v) is 2.35. The first kappa shape index (κ1) is 9.38. The quantitative estimate of drug-likeness (QED) is 0.566. The maximum Gasteiger partial charge on any atom is 0.210 e. The lowest BCUT2D eigenvalue weighted by Crippen LogP contribution is -2.13. The van der Waals surface area contributed by atoms with Gasteiger partial charge in [0.15, 0.2) is 5.82 Å². The van der Waals surface area contributed by atoms with Crippen LogP contribution in [0, 0.1) is 0 Å². The third kappa shape index (κ3) is 1.91. The highest BCUT2D eigenvalue weighted by molar-refractivity contribution is 7.99. The summed E-state index contributed by atoms with van der Waals surface area (Å²) in [5.74, 6) is 6.56. The van der Waals surface area contributed by atoms with Crippen LogP contribution >= 0.6 is 11.8 Å². The van der Waals surface area contributed by atoms with E-state index >= 15 is 0 Å². The number of aryl methyl sites for hydroxylation is 1. The zero-order chi connectivity index (χ0) is 9.14. The molecular formula is C7H14N4S.